The lowest BCUT2D eigenvalue weighted by Gasteiger charge is -2.13. The molecule has 0 spiro atoms. The summed E-state index contributed by atoms with van der Waals surface area (Å²) in [6, 6.07) is 14.4. The molecule has 1 amide bonds. The first-order chi connectivity index (χ1) is 13.0. The second-order valence-corrected chi connectivity index (χ2v) is 7.78. The molecule has 5 nitrogen and oxygen atoms in total. The van der Waals surface area contributed by atoms with Crippen molar-refractivity contribution in [2.45, 2.75) is 23.8 Å². The molecule has 1 atom stereocenters. The van der Waals surface area contributed by atoms with Gasteiger partial charge in [0.15, 0.2) is 11.0 Å². The molecule has 0 N–H and O–H groups in total. The molecular weight excluding hydrogens is 363 g/mol. The number of halogens is 1. The molecule has 27 heavy (non-hydrogen) atoms. The molecule has 3 aromatic rings. The number of aromatic nitrogens is 3. The lowest BCUT2D eigenvalue weighted by Crippen LogP contribution is -2.24. The van der Waals surface area contributed by atoms with Crippen molar-refractivity contribution >= 4 is 17.7 Å². The van der Waals surface area contributed by atoms with Gasteiger partial charge in [-0.1, -0.05) is 41.6 Å². The largest absolute Gasteiger partial charge is 0.345 e. The summed E-state index contributed by atoms with van der Waals surface area (Å²) in [6.45, 7) is 2.74. The summed E-state index contributed by atoms with van der Waals surface area (Å²) in [5.74, 6) is 0.163. The fraction of sp³-hybridized carbons (Fsp3) is 0.250. The van der Waals surface area contributed by atoms with Gasteiger partial charge in [-0.2, -0.15) is 0 Å². The van der Waals surface area contributed by atoms with Crippen LogP contribution in [0.1, 0.15) is 12.0 Å². The predicted molar refractivity (Wildman–Crippen MR) is 103 cm³/mol. The summed E-state index contributed by atoms with van der Waals surface area (Å²) in [4.78, 5) is 14.0. The second-order valence-electron chi connectivity index (χ2n) is 6.61. The maximum Gasteiger partial charge on any atom is 0.235 e. The van der Waals surface area contributed by atoms with E-state index in [4.69, 9.17) is 0 Å². The van der Waals surface area contributed by atoms with E-state index in [1.165, 1.54) is 17.8 Å². The molecule has 1 fully saturated rings. The predicted octanol–water partition coefficient (Wildman–Crippen LogP) is 3.70. The van der Waals surface area contributed by atoms with E-state index in [1.54, 1.807) is 30.1 Å². The van der Waals surface area contributed by atoms with Gasteiger partial charge in [-0.05, 0) is 37.6 Å². The van der Waals surface area contributed by atoms with Crippen molar-refractivity contribution in [3.8, 4) is 17.1 Å². The van der Waals surface area contributed by atoms with Crippen LogP contribution in [-0.4, -0.2) is 44.4 Å². The van der Waals surface area contributed by atoms with E-state index in [9.17, 15) is 9.18 Å². The Morgan fingerprint density at radius 2 is 1.85 bits per heavy atom. The summed E-state index contributed by atoms with van der Waals surface area (Å²) in [5, 5.41) is 8.94. The van der Waals surface area contributed by atoms with Crippen molar-refractivity contribution in [1.82, 2.24) is 19.7 Å². The Morgan fingerprint density at radius 1 is 1.11 bits per heavy atom. The SMILES string of the molecule is Cc1ccc(-n2c(SC3CCN(C)C3=O)nnc2-c2ccccc2F)cc1. The second kappa shape index (κ2) is 7.15. The van der Waals surface area contributed by atoms with E-state index in [1.807, 2.05) is 35.8 Å². The minimum absolute atomic E-state index is 0.0888. The lowest BCUT2D eigenvalue weighted by molar-refractivity contribution is -0.126. The highest BCUT2D eigenvalue weighted by Crippen LogP contribution is 2.34. The number of carbonyl (C=O) groups excluding carboxylic acids is 1. The van der Waals surface area contributed by atoms with Crippen LogP contribution < -0.4 is 0 Å². The number of nitrogens with zero attached hydrogens (tertiary/aromatic N) is 4. The van der Waals surface area contributed by atoms with E-state index in [2.05, 4.69) is 10.2 Å². The summed E-state index contributed by atoms with van der Waals surface area (Å²) in [6.07, 6.45) is 0.760. The number of carbonyl (C=O) groups is 1. The first kappa shape index (κ1) is 17.7. The van der Waals surface area contributed by atoms with Crippen LogP contribution in [0.4, 0.5) is 4.39 Å². The zero-order valence-electron chi connectivity index (χ0n) is 15.1. The van der Waals surface area contributed by atoms with Crippen molar-refractivity contribution in [2.75, 3.05) is 13.6 Å². The minimum atomic E-state index is -0.355. The van der Waals surface area contributed by atoms with E-state index in [0.29, 0.717) is 16.5 Å². The molecule has 0 aliphatic carbocycles. The Kier molecular flexibility index (Phi) is 4.70. The van der Waals surface area contributed by atoms with Crippen molar-refractivity contribution in [3.05, 3.63) is 59.9 Å². The van der Waals surface area contributed by atoms with Crippen LogP contribution in [0, 0.1) is 12.7 Å². The third-order valence-corrected chi connectivity index (χ3v) is 5.86. The molecule has 1 aliphatic rings. The van der Waals surface area contributed by atoms with Gasteiger partial charge < -0.3 is 4.90 Å². The van der Waals surface area contributed by atoms with E-state index < -0.39 is 0 Å². The molecule has 0 radical (unpaired) electrons. The smallest absolute Gasteiger partial charge is 0.235 e. The first-order valence-corrected chi connectivity index (χ1v) is 9.61. The van der Waals surface area contributed by atoms with Gasteiger partial charge in [0.25, 0.3) is 0 Å². The molecule has 2 aromatic carbocycles. The van der Waals surface area contributed by atoms with Crippen LogP contribution >= 0.6 is 11.8 Å². The van der Waals surface area contributed by atoms with Crippen molar-refractivity contribution in [1.29, 1.82) is 0 Å². The number of thioether (sulfide) groups is 1. The third kappa shape index (κ3) is 3.35. The molecule has 2 heterocycles. The van der Waals surface area contributed by atoms with Gasteiger partial charge in [0.05, 0.1) is 10.8 Å². The van der Waals surface area contributed by atoms with Crippen LogP contribution in [-0.2, 0) is 4.79 Å². The van der Waals surface area contributed by atoms with Crippen LogP contribution in [0.15, 0.2) is 53.7 Å². The number of rotatable bonds is 4. The Hall–Kier alpha value is -2.67. The Labute approximate surface area is 161 Å². The molecule has 0 bridgehead atoms. The Balaban J connectivity index is 1.81. The number of likely N-dealkylation sites (tertiary alicyclic amines) is 1. The number of aryl methyl sites for hydroxylation is 1. The summed E-state index contributed by atoms with van der Waals surface area (Å²) in [5.41, 5.74) is 2.35. The molecular formula is C20H19FN4OS. The summed E-state index contributed by atoms with van der Waals surface area (Å²) >= 11 is 1.39. The maximum atomic E-state index is 14.4. The van der Waals surface area contributed by atoms with E-state index >= 15 is 0 Å². The molecule has 1 aromatic heterocycles. The summed E-state index contributed by atoms with van der Waals surface area (Å²) < 4.78 is 16.2. The van der Waals surface area contributed by atoms with Gasteiger partial charge >= 0.3 is 0 Å². The first-order valence-electron chi connectivity index (χ1n) is 8.73. The van der Waals surface area contributed by atoms with Gasteiger partial charge in [-0.25, -0.2) is 4.39 Å². The van der Waals surface area contributed by atoms with Crippen LogP contribution in [0.3, 0.4) is 0 Å². The van der Waals surface area contributed by atoms with Crippen molar-refractivity contribution in [3.63, 3.8) is 0 Å². The van der Waals surface area contributed by atoms with Gasteiger partial charge in [0.2, 0.25) is 5.91 Å². The van der Waals surface area contributed by atoms with Crippen molar-refractivity contribution < 1.29 is 9.18 Å². The number of benzene rings is 2. The molecule has 1 saturated heterocycles. The normalized spacial score (nSPS) is 16.9. The summed E-state index contributed by atoms with van der Waals surface area (Å²) in [7, 11) is 1.80. The Bertz CT molecular complexity index is 986. The minimum Gasteiger partial charge on any atom is -0.345 e. The highest BCUT2D eigenvalue weighted by Gasteiger charge is 2.32. The molecule has 0 saturated carbocycles. The van der Waals surface area contributed by atoms with Gasteiger partial charge in [0.1, 0.15) is 5.82 Å². The highest BCUT2D eigenvalue weighted by atomic mass is 32.2. The Morgan fingerprint density at radius 3 is 2.52 bits per heavy atom. The topological polar surface area (TPSA) is 51.0 Å². The van der Waals surface area contributed by atoms with Gasteiger partial charge in [-0.3, -0.25) is 9.36 Å². The van der Waals surface area contributed by atoms with E-state index in [0.717, 1.165) is 24.2 Å². The van der Waals surface area contributed by atoms with Crippen molar-refractivity contribution in [2.24, 2.45) is 0 Å². The number of amides is 1. The molecule has 1 unspecified atom stereocenters. The van der Waals surface area contributed by atoms with Gasteiger partial charge in [0, 0.05) is 19.3 Å². The number of hydrogen-bond acceptors (Lipinski definition) is 4. The maximum absolute atomic E-state index is 14.4. The molecule has 4 rings (SSSR count). The zero-order chi connectivity index (χ0) is 19.0. The highest BCUT2D eigenvalue weighted by molar-refractivity contribution is 8.00. The van der Waals surface area contributed by atoms with Crippen LogP contribution in [0.5, 0.6) is 0 Å². The quantitative estimate of drug-likeness (QED) is 0.690. The fourth-order valence-corrected chi connectivity index (χ4v) is 4.26. The van der Waals surface area contributed by atoms with Crippen LogP contribution in [0.25, 0.3) is 17.1 Å². The average molecular weight is 382 g/mol. The monoisotopic (exact) mass is 382 g/mol. The molecule has 1 aliphatic heterocycles. The lowest BCUT2D eigenvalue weighted by atomic mass is 10.2. The third-order valence-electron chi connectivity index (χ3n) is 4.67. The van der Waals surface area contributed by atoms with Gasteiger partial charge in [-0.15, -0.1) is 10.2 Å². The fourth-order valence-electron chi connectivity index (χ4n) is 3.12. The van der Waals surface area contributed by atoms with Crippen LogP contribution in [0.2, 0.25) is 0 Å². The zero-order valence-corrected chi connectivity index (χ0v) is 15.9. The van der Waals surface area contributed by atoms with E-state index in [-0.39, 0.29) is 17.0 Å². The molecule has 138 valence electrons. The number of hydrogen-bond donors (Lipinski definition) is 0. The standard InChI is InChI=1S/C20H19FN4OS/c1-13-7-9-14(10-8-13)25-18(15-5-3-4-6-16(15)21)22-23-20(25)27-17-11-12-24(2)19(17)26/h3-10,17H,11-12H2,1-2H3. The molecule has 7 heteroatoms. The average Bonchev–Trinajstić information content (AvgIpc) is 3.22.